The van der Waals surface area contributed by atoms with Crippen molar-refractivity contribution in [2.75, 3.05) is 36.5 Å². The van der Waals surface area contributed by atoms with Crippen LogP contribution in [0, 0.1) is 5.82 Å². The molecule has 4 aromatic rings. The number of ether oxygens (including phenoxy) is 1. The fraction of sp³-hybridized carbons (Fsp3) is 0.346. The lowest BCUT2D eigenvalue weighted by Gasteiger charge is -2.28. The summed E-state index contributed by atoms with van der Waals surface area (Å²) in [5, 5.41) is 8.49. The highest BCUT2D eigenvalue weighted by molar-refractivity contribution is 5.91. The number of benzene rings is 1. The summed E-state index contributed by atoms with van der Waals surface area (Å²) in [6.07, 6.45) is 6.53. The first-order chi connectivity index (χ1) is 16.8. The van der Waals surface area contributed by atoms with Crippen LogP contribution in [0.15, 0.2) is 54.7 Å². The lowest BCUT2D eigenvalue weighted by Crippen LogP contribution is -2.37. The van der Waals surface area contributed by atoms with E-state index >= 15 is 0 Å². The van der Waals surface area contributed by atoms with Gasteiger partial charge in [0.25, 0.3) is 0 Å². The van der Waals surface area contributed by atoms with Crippen molar-refractivity contribution in [1.82, 2.24) is 19.6 Å². The second kappa shape index (κ2) is 9.02. The van der Waals surface area contributed by atoms with Crippen LogP contribution < -0.4 is 10.2 Å². The largest absolute Gasteiger partial charge is 0.378 e. The van der Waals surface area contributed by atoms with E-state index in [-0.39, 0.29) is 5.82 Å². The van der Waals surface area contributed by atoms with Gasteiger partial charge in [0.15, 0.2) is 0 Å². The fourth-order valence-corrected chi connectivity index (χ4v) is 5.00. The zero-order valence-electron chi connectivity index (χ0n) is 19.0. The lowest BCUT2D eigenvalue weighted by molar-refractivity contribution is 0.122. The third-order valence-electron chi connectivity index (χ3n) is 6.67. The molecule has 1 aromatic carbocycles. The van der Waals surface area contributed by atoms with Crippen molar-refractivity contribution in [2.45, 2.75) is 31.7 Å². The molecule has 2 fully saturated rings. The molecule has 1 aliphatic heterocycles. The predicted octanol–water partition coefficient (Wildman–Crippen LogP) is 4.79. The van der Waals surface area contributed by atoms with Gasteiger partial charge in [0.2, 0.25) is 5.95 Å². The smallest absolute Gasteiger partial charge is 0.223 e. The molecular formula is C26H27FN6O. The average molecular weight is 459 g/mol. The molecule has 34 heavy (non-hydrogen) atoms. The van der Waals surface area contributed by atoms with E-state index in [4.69, 9.17) is 14.8 Å². The molecule has 4 heterocycles. The number of hydrogen-bond donors (Lipinski definition) is 1. The molecule has 0 unspecified atom stereocenters. The number of anilines is 2. The van der Waals surface area contributed by atoms with E-state index in [0.717, 1.165) is 54.1 Å². The van der Waals surface area contributed by atoms with Crippen LogP contribution in [0.3, 0.4) is 0 Å². The number of pyridine rings is 1. The van der Waals surface area contributed by atoms with Crippen LogP contribution in [0.2, 0.25) is 0 Å². The van der Waals surface area contributed by atoms with E-state index in [1.165, 1.54) is 25.0 Å². The maximum atomic E-state index is 14.2. The van der Waals surface area contributed by atoms with Gasteiger partial charge in [0.1, 0.15) is 17.3 Å². The summed E-state index contributed by atoms with van der Waals surface area (Å²) in [5.41, 5.74) is 3.98. The summed E-state index contributed by atoms with van der Waals surface area (Å²) in [4.78, 5) is 11.6. The Morgan fingerprint density at radius 1 is 1.00 bits per heavy atom. The van der Waals surface area contributed by atoms with E-state index < -0.39 is 0 Å². The van der Waals surface area contributed by atoms with E-state index in [0.29, 0.717) is 30.9 Å². The molecule has 1 saturated heterocycles. The van der Waals surface area contributed by atoms with Crippen molar-refractivity contribution in [2.24, 2.45) is 0 Å². The second-order valence-corrected chi connectivity index (χ2v) is 8.91. The first-order valence-electron chi connectivity index (χ1n) is 12.0. The normalized spacial score (nSPS) is 16.9. The van der Waals surface area contributed by atoms with Crippen LogP contribution in [-0.2, 0) is 4.74 Å². The summed E-state index contributed by atoms with van der Waals surface area (Å²) in [5.74, 6) is 1.32. The van der Waals surface area contributed by atoms with Crippen molar-refractivity contribution in [3.63, 3.8) is 0 Å². The van der Waals surface area contributed by atoms with Crippen molar-refractivity contribution >= 4 is 17.3 Å². The van der Waals surface area contributed by atoms with Gasteiger partial charge in [-0.3, -0.25) is 0 Å². The van der Waals surface area contributed by atoms with Crippen molar-refractivity contribution in [3.8, 4) is 22.5 Å². The van der Waals surface area contributed by atoms with E-state index in [1.807, 2.05) is 28.8 Å². The first kappa shape index (κ1) is 21.0. The summed E-state index contributed by atoms with van der Waals surface area (Å²) >= 11 is 0. The molecule has 1 aliphatic carbocycles. The number of hydrogen-bond acceptors (Lipinski definition) is 6. The van der Waals surface area contributed by atoms with Crippen LogP contribution in [0.1, 0.15) is 25.7 Å². The van der Waals surface area contributed by atoms with Gasteiger partial charge >= 0.3 is 0 Å². The average Bonchev–Trinajstić information content (AvgIpc) is 3.52. The van der Waals surface area contributed by atoms with Gasteiger partial charge < -0.3 is 15.0 Å². The minimum absolute atomic E-state index is 0.291. The highest BCUT2D eigenvalue weighted by Gasteiger charge is 2.23. The van der Waals surface area contributed by atoms with Crippen molar-refractivity contribution < 1.29 is 9.13 Å². The Balaban J connectivity index is 1.51. The number of aromatic nitrogens is 4. The zero-order chi connectivity index (χ0) is 22.9. The Kier molecular flexibility index (Phi) is 5.58. The van der Waals surface area contributed by atoms with Crippen LogP contribution in [0.4, 0.5) is 16.2 Å². The highest BCUT2D eigenvalue weighted by Crippen LogP contribution is 2.36. The number of fused-ring (bicyclic) bond motifs is 1. The monoisotopic (exact) mass is 458 g/mol. The molecule has 3 aromatic heterocycles. The molecule has 6 rings (SSSR count). The highest BCUT2D eigenvalue weighted by atomic mass is 19.1. The van der Waals surface area contributed by atoms with E-state index in [1.54, 1.807) is 12.3 Å². The molecule has 0 amide bonds. The maximum Gasteiger partial charge on any atom is 0.223 e. The lowest BCUT2D eigenvalue weighted by atomic mass is 10.0. The van der Waals surface area contributed by atoms with Crippen LogP contribution >= 0.6 is 0 Å². The first-order valence-corrected chi connectivity index (χ1v) is 12.0. The molecule has 2 aliphatic rings. The van der Waals surface area contributed by atoms with E-state index in [9.17, 15) is 4.39 Å². The Morgan fingerprint density at radius 3 is 2.65 bits per heavy atom. The minimum Gasteiger partial charge on any atom is -0.378 e. The van der Waals surface area contributed by atoms with Gasteiger partial charge in [-0.25, -0.2) is 18.9 Å². The molecule has 174 valence electrons. The Hall–Kier alpha value is -3.52. The van der Waals surface area contributed by atoms with E-state index in [2.05, 4.69) is 21.3 Å². The molecule has 0 radical (unpaired) electrons. The van der Waals surface area contributed by atoms with Crippen molar-refractivity contribution in [1.29, 1.82) is 0 Å². The summed E-state index contributed by atoms with van der Waals surface area (Å²) in [7, 11) is 0. The zero-order valence-corrected chi connectivity index (χ0v) is 19.0. The quantitative estimate of drug-likeness (QED) is 0.464. The molecule has 8 heteroatoms. The van der Waals surface area contributed by atoms with Crippen LogP contribution in [-0.4, -0.2) is 51.9 Å². The standard InChI is InChI=1S/C26H27FN6O/c27-19-6-3-5-18(17-19)25-24(21-11-12-28-26(30-21)29-20-7-1-2-8-20)22-9-4-10-23(33(22)31-25)32-13-15-34-16-14-32/h3-6,9-12,17,20H,1-2,7-8,13-16H2,(H,28,29,30). The predicted molar refractivity (Wildman–Crippen MR) is 131 cm³/mol. The molecule has 0 spiro atoms. The summed E-state index contributed by atoms with van der Waals surface area (Å²) in [6, 6.07) is 15.1. The Morgan fingerprint density at radius 2 is 1.82 bits per heavy atom. The molecule has 0 bridgehead atoms. The third-order valence-corrected chi connectivity index (χ3v) is 6.67. The van der Waals surface area contributed by atoms with Gasteiger partial charge in [-0.05, 0) is 43.2 Å². The van der Waals surface area contributed by atoms with Crippen molar-refractivity contribution in [3.05, 3.63) is 60.5 Å². The second-order valence-electron chi connectivity index (χ2n) is 8.91. The molecular weight excluding hydrogens is 431 g/mol. The topological polar surface area (TPSA) is 67.6 Å². The summed E-state index contributed by atoms with van der Waals surface area (Å²) in [6.45, 7) is 2.96. The SMILES string of the molecule is Fc1cccc(-c2nn3c(N4CCOCC4)cccc3c2-c2ccnc(NC3CCCC3)n2)c1. The van der Waals surface area contributed by atoms with Crippen LogP contribution in [0.5, 0.6) is 0 Å². The number of morpholine rings is 1. The van der Waals surface area contributed by atoms with Gasteiger partial charge in [0.05, 0.1) is 30.0 Å². The Bertz CT molecular complexity index is 1310. The van der Waals surface area contributed by atoms with Gasteiger partial charge in [-0.15, -0.1) is 0 Å². The van der Waals surface area contributed by atoms with Gasteiger partial charge in [-0.1, -0.05) is 31.0 Å². The number of nitrogens with one attached hydrogen (secondary N) is 1. The minimum atomic E-state index is -0.291. The molecule has 0 atom stereocenters. The molecule has 1 N–H and O–H groups in total. The third kappa shape index (κ3) is 3.98. The number of rotatable bonds is 5. The molecule has 1 saturated carbocycles. The molecule has 7 nitrogen and oxygen atoms in total. The number of nitrogens with zero attached hydrogens (tertiary/aromatic N) is 5. The maximum absolute atomic E-state index is 14.2. The summed E-state index contributed by atoms with van der Waals surface area (Å²) < 4.78 is 21.7. The van der Waals surface area contributed by atoms with Gasteiger partial charge in [0, 0.05) is 30.9 Å². The Labute approximate surface area is 197 Å². The fourth-order valence-electron chi connectivity index (χ4n) is 5.00. The number of halogens is 1. The van der Waals surface area contributed by atoms with Gasteiger partial charge in [-0.2, -0.15) is 5.10 Å². The van der Waals surface area contributed by atoms with Crippen LogP contribution in [0.25, 0.3) is 28.0 Å².